The van der Waals surface area contributed by atoms with Gasteiger partial charge < -0.3 is 9.80 Å². The number of rotatable bonds is 3. The highest BCUT2D eigenvalue weighted by atomic mass is 16.6. The van der Waals surface area contributed by atoms with Gasteiger partial charge in [-0.2, -0.15) is 0 Å². The van der Waals surface area contributed by atoms with Crippen molar-refractivity contribution >= 4 is 11.4 Å². The van der Waals surface area contributed by atoms with Crippen LogP contribution in [0.15, 0.2) is 24.3 Å². The Bertz CT molecular complexity index is 501. The SMILES string of the molecule is CC1CCC([NH+]2CCN(c3ccc([N+](=O)[O-])cc3)CC2)CC1. The number of piperazine rings is 1. The summed E-state index contributed by atoms with van der Waals surface area (Å²) in [6.45, 7) is 6.86. The van der Waals surface area contributed by atoms with Crippen LogP contribution in [-0.2, 0) is 0 Å². The van der Waals surface area contributed by atoms with Crippen molar-refractivity contribution in [3.63, 3.8) is 0 Å². The van der Waals surface area contributed by atoms with Crippen molar-refractivity contribution in [3.05, 3.63) is 34.4 Å². The van der Waals surface area contributed by atoms with Gasteiger partial charge in [0.25, 0.3) is 5.69 Å². The summed E-state index contributed by atoms with van der Waals surface area (Å²) in [4.78, 5) is 14.5. The van der Waals surface area contributed by atoms with E-state index in [-0.39, 0.29) is 10.6 Å². The molecule has 0 bridgehead atoms. The predicted octanol–water partition coefficient (Wildman–Crippen LogP) is 1.88. The molecule has 0 atom stereocenters. The molecule has 0 aromatic heterocycles. The number of nitrogens with zero attached hydrogens (tertiary/aromatic N) is 2. The number of nitro groups is 1. The maximum atomic E-state index is 10.7. The van der Waals surface area contributed by atoms with E-state index in [9.17, 15) is 10.1 Å². The molecular weight excluding hydrogens is 278 g/mol. The number of nitro benzene ring substituents is 1. The second-order valence-electron chi connectivity index (χ2n) is 6.88. The van der Waals surface area contributed by atoms with Crippen LogP contribution >= 0.6 is 0 Å². The van der Waals surface area contributed by atoms with Crippen LogP contribution in [0.3, 0.4) is 0 Å². The predicted molar refractivity (Wildman–Crippen MR) is 87.4 cm³/mol. The molecule has 3 rings (SSSR count). The lowest BCUT2D eigenvalue weighted by Gasteiger charge is -2.39. The molecule has 0 spiro atoms. The Balaban J connectivity index is 1.54. The maximum Gasteiger partial charge on any atom is 0.269 e. The molecular formula is C17H26N3O2+. The molecule has 1 heterocycles. The lowest BCUT2D eigenvalue weighted by molar-refractivity contribution is -0.927. The summed E-state index contributed by atoms with van der Waals surface area (Å²) in [5, 5.41) is 10.7. The van der Waals surface area contributed by atoms with Gasteiger partial charge in [0.1, 0.15) is 0 Å². The summed E-state index contributed by atoms with van der Waals surface area (Å²) in [6, 6.07) is 7.83. The molecule has 1 aliphatic carbocycles. The van der Waals surface area contributed by atoms with E-state index in [4.69, 9.17) is 0 Å². The van der Waals surface area contributed by atoms with Gasteiger partial charge in [-0.05, 0) is 43.7 Å². The van der Waals surface area contributed by atoms with E-state index in [1.165, 1.54) is 38.8 Å². The average Bonchev–Trinajstić information content (AvgIpc) is 2.56. The molecule has 22 heavy (non-hydrogen) atoms. The number of hydrogen-bond acceptors (Lipinski definition) is 3. The molecule has 1 saturated carbocycles. The molecule has 1 aromatic carbocycles. The third kappa shape index (κ3) is 3.40. The second-order valence-corrected chi connectivity index (χ2v) is 6.88. The van der Waals surface area contributed by atoms with Crippen molar-refractivity contribution in [2.24, 2.45) is 5.92 Å². The molecule has 5 nitrogen and oxygen atoms in total. The number of hydrogen-bond donors (Lipinski definition) is 1. The quantitative estimate of drug-likeness (QED) is 0.685. The molecule has 1 aromatic rings. The van der Waals surface area contributed by atoms with Crippen molar-refractivity contribution in [2.45, 2.75) is 38.6 Å². The fourth-order valence-electron chi connectivity index (χ4n) is 3.91. The fraction of sp³-hybridized carbons (Fsp3) is 0.647. The van der Waals surface area contributed by atoms with Crippen molar-refractivity contribution in [1.82, 2.24) is 0 Å². The van der Waals surface area contributed by atoms with E-state index >= 15 is 0 Å². The highest BCUT2D eigenvalue weighted by Crippen LogP contribution is 2.23. The van der Waals surface area contributed by atoms with Gasteiger partial charge in [-0.1, -0.05) is 6.92 Å². The first-order valence-corrected chi connectivity index (χ1v) is 8.47. The van der Waals surface area contributed by atoms with Crippen LogP contribution in [0.2, 0.25) is 0 Å². The summed E-state index contributed by atoms with van der Waals surface area (Å²) in [5.74, 6) is 0.914. The van der Waals surface area contributed by atoms with Crippen LogP contribution in [0, 0.1) is 16.0 Å². The minimum Gasteiger partial charge on any atom is -0.360 e. The Morgan fingerprint density at radius 1 is 1.09 bits per heavy atom. The first-order chi connectivity index (χ1) is 10.6. The molecule has 2 fully saturated rings. The molecule has 1 N–H and O–H groups in total. The first kappa shape index (κ1) is 15.3. The van der Waals surface area contributed by atoms with Crippen molar-refractivity contribution in [3.8, 4) is 0 Å². The van der Waals surface area contributed by atoms with E-state index in [0.29, 0.717) is 0 Å². The standard InChI is InChI=1S/C17H25N3O2/c1-14-2-4-15(5-3-14)18-10-12-19(13-11-18)16-6-8-17(9-7-16)20(21)22/h6-9,14-15H,2-5,10-13H2,1H3/p+1. The van der Waals surface area contributed by atoms with Gasteiger partial charge in [-0.3, -0.25) is 10.1 Å². The Morgan fingerprint density at radius 3 is 2.23 bits per heavy atom. The number of nitrogens with one attached hydrogen (secondary N) is 1. The minimum absolute atomic E-state index is 0.171. The van der Waals surface area contributed by atoms with Gasteiger partial charge in [0.05, 0.1) is 37.1 Å². The summed E-state index contributed by atoms with van der Waals surface area (Å²) >= 11 is 0. The van der Waals surface area contributed by atoms with Crippen LogP contribution < -0.4 is 9.80 Å². The Kier molecular flexibility index (Phi) is 4.62. The van der Waals surface area contributed by atoms with Crippen LogP contribution in [0.5, 0.6) is 0 Å². The maximum absolute atomic E-state index is 10.7. The summed E-state index contributed by atoms with van der Waals surface area (Å²) in [6.07, 6.45) is 5.54. The molecule has 0 radical (unpaired) electrons. The highest BCUT2D eigenvalue weighted by molar-refractivity contribution is 5.50. The largest absolute Gasteiger partial charge is 0.360 e. The Morgan fingerprint density at radius 2 is 1.68 bits per heavy atom. The highest BCUT2D eigenvalue weighted by Gasteiger charge is 2.30. The lowest BCUT2D eigenvalue weighted by atomic mass is 9.86. The third-order valence-electron chi connectivity index (χ3n) is 5.42. The zero-order valence-corrected chi connectivity index (χ0v) is 13.3. The fourth-order valence-corrected chi connectivity index (χ4v) is 3.91. The van der Waals surface area contributed by atoms with Crippen molar-refractivity contribution in [2.75, 3.05) is 31.1 Å². The molecule has 1 aliphatic heterocycles. The molecule has 2 aliphatic rings. The van der Waals surface area contributed by atoms with Crippen molar-refractivity contribution in [1.29, 1.82) is 0 Å². The minimum atomic E-state index is -0.337. The first-order valence-electron chi connectivity index (χ1n) is 8.47. The zero-order chi connectivity index (χ0) is 15.5. The molecule has 5 heteroatoms. The monoisotopic (exact) mass is 304 g/mol. The van der Waals surface area contributed by atoms with Crippen LogP contribution in [0.4, 0.5) is 11.4 Å². The zero-order valence-electron chi connectivity index (χ0n) is 13.3. The number of quaternary nitrogens is 1. The second kappa shape index (κ2) is 6.65. The molecule has 1 saturated heterocycles. The lowest BCUT2D eigenvalue weighted by Crippen LogP contribution is -3.18. The topological polar surface area (TPSA) is 50.8 Å². The van der Waals surface area contributed by atoms with Gasteiger partial charge in [0.2, 0.25) is 0 Å². The van der Waals surface area contributed by atoms with Crippen LogP contribution in [-0.4, -0.2) is 37.1 Å². The van der Waals surface area contributed by atoms with E-state index in [1.54, 1.807) is 17.0 Å². The van der Waals surface area contributed by atoms with E-state index in [1.807, 2.05) is 12.1 Å². The van der Waals surface area contributed by atoms with Gasteiger partial charge in [0, 0.05) is 17.8 Å². The van der Waals surface area contributed by atoms with E-state index in [0.717, 1.165) is 30.7 Å². The number of non-ortho nitro benzene ring substituents is 1. The number of anilines is 1. The Labute approximate surface area is 132 Å². The molecule has 0 unspecified atom stereocenters. The van der Waals surface area contributed by atoms with E-state index in [2.05, 4.69) is 11.8 Å². The average molecular weight is 304 g/mol. The normalized spacial score (nSPS) is 26.9. The molecule has 120 valence electrons. The van der Waals surface area contributed by atoms with Gasteiger partial charge in [-0.25, -0.2) is 0 Å². The van der Waals surface area contributed by atoms with Gasteiger partial charge >= 0.3 is 0 Å². The number of benzene rings is 1. The summed E-state index contributed by atoms with van der Waals surface area (Å²) < 4.78 is 0. The van der Waals surface area contributed by atoms with Gasteiger partial charge in [-0.15, -0.1) is 0 Å². The van der Waals surface area contributed by atoms with E-state index < -0.39 is 0 Å². The smallest absolute Gasteiger partial charge is 0.269 e. The Hall–Kier alpha value is -1.62. The third-order valence-corrected chi connectivity index (χ3v) is 5.42. The summed E-state index contributed by atoms with van der Waals surface area (Å²) in [5.41, 5.74) is 1.28. The molecule has 0 amide bonds. The van der Waals surface area contributed by atoms with Crippen LogP contribution in [0.25, 0.3) is 0 Å². The summed E-state index contributed by atoms with van der Waals surface area (Å²) in [7, 11) is 0. The van der Waals surface area contributed by atoms with Gasteiger partial charge in [0.15, 0.2) is 0 Å². The van der Waals surface area contributed by atoms with Crippen LogP contribution in [0.1, 0.15) is 32.6 Å². The van der Waals surface area contributed by atoms with Crippen molar-refractivity contribution < 1.29 is 9.82 Å².